The Labute approximate surface area is 239 Å². The minimum absolute atomic E-state index is 0.0640. The summed E-state index contributed by atoms with van der Waals surface area (Å²) >= 11 is 0. The second-order valence-electron chi connectivity index (χ2n) is 10.6. The Morgan fingerprint density at radius 3 is 2.78 bits per heavy atom. The van der Waals surface area contributed by atoms with Gasteiger partial charge in [0.1, 0.15) is 17.5 Å². The van der Waals surface area contributed by atoms with Gasteiger partial charge in [-0.15, -0.1) is 0 Å². The largest absolute Gasteiger partial charge is 0.494 e. The topological polar surface area (TPSA) is 125 Å². The fraction of sp³-hybridized carbons (Fsp3) is 0.367. The van der Waals surface area contributed by atoms with Crippen LogP contribution >= 0.6 is 0 Å². The van der Waals surface area contributed by atoms with Crippen LogP contribution in [0.2, 0.25) is 0 Å². The van der Waals surface area contributed by atoms with Crippen molar-refractivity contribution in [1.82, 2.24) is 19.4 Å². The summed E-state index contributed by atoms with van der Waals surface area (Å²) in [5.41, 5.74) is 4.90. The van der Waals surface area contributed by atoms with Crippen LogP contribution in [-0.2, 0) is 13.0 Å². The summed E-state index contributed by atoms with van der Waals surface area (Å²) in [7, 11) is 5.37. The molecule has 4 aromatic rings. The Bertz CT molecular complexity index is 1660. The number of nitrogens with one attached hydrogen (secondary N) is 1. The first-order valence-electron chi connectivity index (χ1n) is 13.6. The monoisotopic (exact) mass is 554 g/mol. The lowest BCUT2D eigenvalue weighted by Gasteiger charge is -2.26. The van der Waals surface area contributed by atoms with Crippen LogP contribution in [0.3, 0.4) is 0 Å². The minimum Gasteiger partial charge on any atom is -0.494 e. The van der Waals surface area contributed by atoms with Gasteiger partial charge in [-0.1, -0.05) is 18.2 Å². The van der Waals surface area contributed by atoms with E-state index in [1.54, 1.807) is 6.07 Å². The van der Waals surface area contributed by atoms with E-state index in [4.69, 9.17) is 9.72 Å². The van der Waals surface area contributed by atoms with E-state index in [0.717, 1.165) is 36.9 Å². The molecule has 0 amide bonds. The maximum absolute atomic E-state index is 12.1. The third-order valence-corrected chi connectivity index (χ3v) is 7.81. The zero-order chi connectivity index (χ0) is 29.3. The van der Waals surface area contributed by atoms with Crippen molar-refractivity contribution in [3.63, 3.8) is 0 Å². The van der Waals surface area contributed by atoms with Crippen LogP contribution in [0.5, 0.6) is 5.75 Å². The van der Waals surface area contributed by atoms with Crippen LogP contribution in [0.4, 0.5) is 23.0 Å². The molecule has 0 aliphatic carbocycles. The molecule has 41 heavy (non-hydrogen) atoms. The van der Waals surface area contributed by atoms with E-state index in [9.17, 15) is 15.4 Å². The molecule has 1 N–H and O–H groups in total. The number of methoxy groups -OCH3 is 1. The molecule has 0 bridgehead atoms. The van der Waals surface area contributed by atoms with Crippen molar-refractivity contribution in [2.24, 2.45) is 0 Å². The van der Waals surface area contributed by atoms with Gasteiger partial charge in [0.2, 0.25) is 5.95 Å². The van der Waals surface area contributed by atoms with Crippen LogP contribution < -0.4 is 15.0 Å². The molecule has 1 aliphatic rings. The number of nitriles is 1. The highest BCUT2D eigenvalue weighted by atomic mass is 16.6. The quantitative estimate of drug-likeness (QED) is 0.204. The molecule has 0 fully saturated rings. The third-order valence-electron chi connectivity index (χ3n) is 7.81. The molecule has 212 valence electrons. The molecule has 0 radical (unpaired) electrons. The van der Waals surface area contributed by atoms with Gasteiger partial charge in [-0.3, -0.25) is 10.1 Å². The molecule has 2 aromatic carbocycles. The normalized spacial score (nSPS) is 12.5. The van der Waals surface area contributed by atoms with E-state index in [-0.39, 0.29) is 11.6 Å². The molecule has 0 spiro atoms. The molecule has 5 rings (SSSR count). The maximum Gasteiger partial charge on any atom is 0.294 e. The van der Waals surface area contributed by atoms with E-state index in [1.165, 1.54) is 30.5 Å². The first-order chi connectivity index (χ1) is 19.7. The standard InChI is InChI=1S/C30H34N8O3/c1-19(2)35(3)12-13-36(4)25-15-27(41-5)24(14-26(25)38(39)40)33-30-32-17-21(16-31)28(34-30)23-18-37-11-7-9-20-8-6-10-22(23)29(20)37/h6,8,10,14-15,17-19H,7,9,11-13H2,1-5H3,(H,32,33,34). The van der Waals surface area contributed by atoms with E-state index in [0.29, 0.717) is 41.0 Å². The molecule has 1 aliphatic heterocycles. The van der Waals surface area contributed by atoms with Crippen molar-refractivity contribution in [3.05, 3.63) is 64.0 Å². The summed E-state index contributed by atoms with van der Waals surface area (Å²) in [5, 5.41) is 26.1. The van der Waals surface area contributed by atoms with E-state index in [2.05, 4.69) is 45.8 Å². The van der Waals surface area contributed by atoms with Gasteiger partial charge in [0.25, 0.3) is 5.69 Å². The Kier molecular flexibility index (Phi) is 7.77. The SMILES string of the molecule is COc1cc(N(C)CCN(C)C(C)C)c([N+](=O)[O-])cc1Nc1ncc(C#N)c(-c2cn3c4c(cccc24)CCC3)n1. The predicted molar refractivity (Wildman–Crippen MR) is 160 cm³/mol. The van der Waals surface area contributed by atoms with Gasteiger partial charge in [-0.25, -0.2) is 9.97 Å². The molecule has 11 nitrogen and oxygen atoms in total. The Morgan fingerprint density at radius 2 is 2.07 bits per heavy atom. The smallest absolute Gasteiger partial charge is 0.294 e. The highest BCUT2D eigenvalue weighted by Gasteiger charge is 2.24. The average Bonchev–Trinajstić information content (AvgIpc) is 3.35. The summed E-state index contributed by atoms with van der Waals surface area (Å²) < 4.78 is 7.85. The number of anilines is 3. The van der Waals surface area contributed by atoms with Crippen molar-refractivity contribution < 1.29 is 9.66 Å². The van der Waals surface area contributed by atoms with Crippen LogP contribution in [-0.4, -0.2) is 64.7 Å². The second kappa shape index (κ2) is 11.4. The number of aromatic nitrogens is 3. The molecule has 0 unspecified atom stereocenters. The van der Waals surface area contributed by atoms with Gasteiger partial charge < -0.3 is 24.4 Å². The van der Waals surface area contributed by atoms with Gasteiger partial charge >= 0.3 is 0 Å². The zero-order valence-electron chi connectivity index (χ0n) is 24.0. The van der Waals surface area contributed by atoms with E-state index >= 15 is 0 Å². The number of para-hydroxylation sites is 1. The number of nitro benzene ring substituents is 1. The molecule has 2 aromatic heterocycles. The molecular weight excluding hydrogens is 520 g/mol. The number of aryl methyl sites for hydroxylation is 2. The highest BCUT2D eigenvalue weighted by Crippen LogP contribution is 2.40. The fourth-order valence-corrected chi connectivity index (χ4v) is 5.26. The van der Waals surface area contributed by atoms with E-state index in [1.807, 2.05) is 37.3 Å². The summed E-state index contributed by atoms with van der Waals surface area (Å²) in [5.74, 6) is 0.620. The van der Waals surface area contributed by atoms with Gasteiger partial charge in [-0.2, -0.15) is 5.26 Å². The van der Waals surface area contributed by atoms with E-state index < -0.39 is 4.92 Å². The summed E-state index contributed by atoms with van der Waals surface area (Å²) in [4.78, 5) is 24.8. The van der Waals surface area contributed by atoms with Crippen LogP contribution in [0.1, 0.15) is 31.4 Å². The Balaban J connectivity index is 1.52. The van der Waals surface area contributed by atoms with Crippen LogP contribution in [0.15, 0.2) is 42.7 Å². The summed E-state index contributed by atoms with van der Waals surface area (Å²) in [6, 6.07) is 11.9. The van der Waals surface area contributed by atoms with Crippen molar-refractivity contribution in [2.45, 2.75) is 39.3 Å². The van der Waals surface area contributed by atoms with Gasteiger partial charge in [0.15, 0.2) is 0 Å². The van der Waals surface area contributed by atoms with Gasteiger partial charge in [0, 0.05) is 62.0 Å². The second-order valence-corrected chi connectivity index (χ2v) is 10.6. The minimum atomic E-state index is -0.401. The number of rotatable bonds is 10. The Hall–Kier alpha value is -4.69. The molecule has 3 heterocycles. The lowest BCUT2D eigenvalue weighted by atomic mass is 10.0. The van der Waals surface area contributed by atoms with Crippen LogP contribution in [0, 0.1) is 21.4 Å². The number of hydrogen-bond acceptors (Lipinski definition) is 9. The summed E-state index contributed by atoms with van der Waals surface area (Å²) in [6.07, 6.45) is 5.60. The van der Waals surface area contributed by atoms with Crippen molar-refractivity contribution in [1.29, 1.82) is 5.26 Å². The molecule has 0 saturated heterocycles. The number of nitro groups is 1. The van der Waals surface area contributed by atoms with Crippen molar-refractivity contribution in [3.8, 4) is 23.1 Å². The predicted octanol–water partition coefficient (Wildman–Crippen LogP) is 5.35. The number of nitrogens with zero attached hydrogens (tertiary/aromatic N) is 7. The molecule has 11 heteroatoms. The number of benzene rings is 2. The lowest BCUT2D eigenvalue weighted by Crippen LogP contribution is -2.34. The van der Waals surface area contributed by atoms with Crippen molar-refractivity contribution >= 4 is 33.9 Å². The lowest BCUT2D eigenvalue weighted by molar-refractivity contribution is -0.384. The van der Waals surface area contributed by atoms with Gasteiger partial charge in [-0.05, 0) is 39.3 Å². The zero-order valence-corrected chi connectivity index (χ0v) is 24.0. The van der Waals surface area contributed by atoms with Crippen molar-refractivity contribution in [2.75, 3.05) is 44.5 Å². The Morgan fingerprint density at radius 1 is 1.27 bits per heavy atom. The molecule has 0 saturated carbocycles. The van der Waals surface area contributed by atoms with Crippen LogP contribution in [0.25, 0.3) is 22.2 Å². The first-order valence-corrected chi connectivity index (χ1v) is 13.6. The highest BCUT2D eigenvalue weighted by molar-refractivity contribution is 5.98. The maximum atomic E-state index is 12.1. The third kappa shape index (κ3) is 5.38. The number of ether oxygens (including phenoxy) is 1. The summed E-state index contributed by atoms with van der Waals surface area (Å²) in [6.45, 7) is 6.46. The molecular formula is C30H34N8O3. The average molecular weight is 555 g/mol. The first kappa shape index (κ1) is 27.9. The number of likely N-dealkylation sites (N-methyl/N-ethyl adjacent to an activating group) is 2. The fourth-order valence-electron chi connectivity index (χ4n) is 5.26. The number of hydrogen-bond donors (Lipinski definition) is 1. The molecule has 0 atom stereocenters. The van der Waals surface area contributed by atoms with Gasteiger partial charge in [0.05, 0.1) is 40.7 Å².